The molecule has 0 aromatic rings. The molecule has 1 heteroatoms. The summed E-state index contributed by atoms with van der Waals surface area (Å²) >= 11 is 0. The average molecular weight is 167 g/mol. The summed E-state index contributed by atoms with van der Waals surface area (Å²) in [6.45, 7) is 3.75. The van der Waals surface area contributed by atoms with Crippen LogP contribution in [-0.4, -0.2) is 24.5 Å². The maximum Gasteiger partial charge on any atom is 0.00982 e. The van der Waals surface area contributed by atoms with E-state index in [1.54, 1.807) is 0 Å². The van der Waals surface area contributed by atoms with E-state index in [4.69, 9.17) is 0 Å². The first kappa shape index (κ1) is 8.55. The van der Waals surface area contributed by atoms with Gasteiger partial charge in [-0.15, -0.1) is 0 Å². The van der Waals surface area contributed by atoms with Crippen molar-refractivity contribution in [3.05, 3.63) is 0 Å². The van der Waals surface area contributed by atoms with Gasteiger partial charge >= 0.3 is 0 Å². The third-order valence-corrected chi connectivity index (χ3v) is 4.12. The summed E-state index contributed by atoms with van der Waals surface area (Å²) in [4.78, 5) is 2.60. The summed E-state index contributed by atoms with van der Waals surface area (Å²) in [7, 11) is 2.31. The highest BCUT2D eigenvalue weighted by atomic mass is 15.2. The van der Waals surface area contributed by atoms with Crippen molar-refractivity contribution < 1.29 is 0 Å². The van der Waals surface area contributed by atoms with Gasteiger partial charge < -0.3 is 4.90 Å². The van der Waals surface area contributed by atoms with Crippen LogP contribution in [-0.2, 0) is 0 Å². The summed E-state index contributed by atoms with van der Waals surface area (Å²) in [6, 6.07) is 0.924. The van der Waals surface area contributed by atoms with Crippen LogP contribution in [0.4, 0.5) is 0 Å². The molecule has 2 bridgehead atoms. The zero-order valence-electron chi connectivity index (χ0n) is 8.47. The minimum atomic E-state index is 0.718. The maximum absolute atomic E-state index is 2.60. The Morgan fingerprint density at radius 1 is 1.42 bits per heavy atom. The van der Waals surface area contributed by atoms with Crippen LogP contribution in [0.1, 0.15) is 45.4 Å². The number of fused-ring (bicyclic) bond motifs is 2. The molecule has 0 aromatic carbocycles. The van der Waals surface area contributed by atoms with Crippen LogP contribution in [0.15, 0.2) is 0 Å². The Labute approximate surface area is 76.1 Å². The summed E-state index contributed by atoms with van der Waals surface area (Å²) in [5.74, 6) is 0. The second kappa shape index (κ2) is 3.02. The van der Waals surface area contributed by atoms with Crippen molar-refractivity contribution in [3.63, 3.8) is 0 Å². The van der Waals surface area contributed by atoms with E-state index in [2.05, 4.69) is 18.9 Å². The lowest BCUT2D eigenvalue weighted by atomic mass is 9.80. The van der Waals surface area contributed by atoms with Gasteiger partial charge in [0.2, 0.25) is 0 Å². The SMILES string of the molecule is CCC12CCCCC(C1)N(C)C2. The molecule has 0 aromatic heterocycles. The van der Waals surface area contributed by atoms with Crippen molar-refractivity contribution in [2.75, 3.05) is 13.6 Å². The van der Waals surface area contributed by atoms with Gasteiger partial charge in [0.25, 0.3) is 0 Å². The number of hydrogen-bond acceptors (Lipinski definition) is 1. The fourth-order valence-electron chi connectivity index (χ4n) is 3.19. The van der Waals surface area contributed by atoms with E-state index < -0.39 is 0 Å². The largest absolute Gasteiger partial charge is 0.303 e. The number of hydrogen-bond donors (Lipinski definition) is 0. The summed E-state index contributed by atoms with van der Waals surface area (Å²) in [5, 5.41) is 0. The van der Waals surface area contributed by atoms with E-state index in [-0.39, 0.29) is 0 Å². The molecule has 1 saturated carbocycles. The van der Waals surface area contributed by atoms with E-state index >= 15 is 0 Å². The normalized spacial score (nSPS) is 43.0. The van der Waals surface area contributed by atoms with Gasteiger partial charge in [-0.1, -0.05) is 19.8 Å². The molecule has 1 aliphatic carbocycles. The first-order chi connectivity index (χ1) is 5.76. The third-order valence-electron chi connectivity index (χ3n) is 4.12. The van der Waals surface area contributed by atoms with Crippen LogP contribution in [0, 0.1) is 5.41 Å². The average Bonchev–Trinajstić information content (AvgIpc) is 2.28. The van der Waals surface area contributed by atoms with E-state index in [9.17, 15) is 0 Å². The molecule has 2 rings (SSSR count). The molecule has 0 spiro atoms. The van der Waals surface area contributed by atoms with Gasteiger partial charge in [-0.3, -0.25) is 0 Å². The van der Waals surface area contributed by atoms with Crippen molar-refractivity contribution in [1.29, 1.82) is 0 Å². The van der Waals surface area contributed by atoms with E-state index in [0.717, 1.165) is 11.5 Å². The molecular formula is C11H21N. The minimum Gasteiger partial charge on any atom is -0.303 e. The smallest absolute Gasteiger partial charge is 0.00982 e. The van der Waals surface area contributed by atoms with Gasteiger partial charge in [0, 0.05) is 12.6 Å². The van der Waals surface area contributed by atoms with Gasteiger partial charge in [-0.05, 0) is 38.1 Å². The molecule has 2 aliphatic rings. The van der Waals surface area contributed by atoms with Gasteiger partial charge in [-0.2, -0.15) is 0 Å². The predicted octanol–water partition coefficient (Wildman–Crippen LogP) is 2.66. The van der Waals surface area contributed by atoms with E-state index in [0.29, 0.717) is 0 Å². The number of likely N-dealkylation sites (tertiary alicyclic amines) is 1. The highest BCUT2D eigenvalue weighted by molar-refractivity contribution is 4.95. The fourth-order valence-corrected chi connectivity index (χ4v) is 3.19. The fraction of sp³-hybridized carbons (Fsp3) is 1.00. The Hall–Kier alpha value is -0.0400. The molecule has 1 saturated heterocycles. The van der Waals surface area contributed by atoms with Crippen molar-refractivity contribution in [2.45, 2.75) is 51.5 Å². The zero-order valence-corrected chi connectivity index (χ0v) is 8.47. The Morgan fingerprint density at radius 3 is 3.00 bits per heavy atom. The second-order valence-corrected chi connectivity index (χ2v) is 4.87. The van der Waals surface area contributed by atoms with E-state index in [1.165, 1.54) is 45.1 Å². The Kier molecular flexibility index (Phi) is 2.16. The zero-order chi connectivity index (χ0) is 8.60. The monoisotopic (exact) mass is 167 g/mol. The lowest BCUT2D eigenvalue weighted by Crippen LogP contribution is -2.28. The molecule has 12 heavy (non-hydrogen) atoms. The van der Waals surface area contributed by atoms with Crippen LogP contribution in [0.5, 0.6) is 0 Å². The second-order valence-electron chi connectivity index (χ2n) is 4.87. The first-order valence-electron chi connectivity index (χ1n) is 5.46. The lowest BCUT2D eigenvalue weighted by molar-refractivity contribution is 0.225. The Balaban J connectivity index is 2.13. The highest BCUT2D eigenvalue weighted by Crippen LogP contribution is 2.45. The van der Waals surface area contributed by atoms with Gasteiger partial charge in [0.1, 0.15) is 0 Å². The van der Waals surface area contributed by atoms with Crippen molar-refractivity contribution in [1.82, 2.24) is 4.90 Å². The van der Waals surface area contributed by atoms with Crippen LogP contribution in [0.2, 0.25) is 0 Å². The summed E-state index contributed by atoms with van der Waals surface area (Å²) in [6.07, 6.45) is 8.78. The van der Waals surface area contributed by atoms with Crippen LogP contribution in [0.3, 0.4) is 0 Å². The van der Waals surface area contributed by atoms with Crippen LogP contribution in [0.25, 0.3) is 0 Å². The van der Waals surface area contributed by atoms with Gasteiger partial charge in [-0.25, -0.2) is 0 Å². The van der Waals surface area contributed by atoms with Crippen LogP contribution >= 0.6 is 0 Å². The molecule has 2 unspecified atom stereocenters. The molecule has 1 heterocycles. The molecule has 2 fully saturated rings. The molecule has 2 atom stereocenters. The molecule has 1 nitrogen and oxygen atoms in total. The Bertz CT molecular complexity index is 166. The molecule has 70 valence electrons. The summed E-state index contributed by atoms with van der Waals surface area (Å²) < 4.78 is 0. The van der Waals surface area contributed by atoms with E-state index in [1.807, 2.05) is 0 Å². The van der Waals surface area contributed by atoms with Crippen molar-refractivity contribution >= 4 is 0 Å². The highest BCUT2D eigenvalue weighted by Gasteiger charge is 2.41. The maximum atomic E-state index is 2.60. The number of nitrogens with zero attached hydrogens (tertiary/aromatic N) is 1. The topological polar surface area (TPSA) is 3.24 Å². The van der Waals surface area contributed by atoms with Crippen molar-refractivity contribution in [3.8, 4) is 0 Å². The Morgan fingerprint density at radius 2 is 2.25 bits per heavy atom. The quantitative estimate of drug-likeness (QED) is 0.580. The first-order valence-corrected chi connectivity index (χ1v) is 5.46. The van der Waals surface area contributed by atoms with Gasteiger partial charge in [0.05, 0.1) is 0 Å². The number of rotatable bonds is 1. The molecule has 0 amide bonds. The lowest BCUT2D eigenvalue weighted by Gasteiger charge is -2.27. The molecule has 0 radical (unpaired) electrons. The van der Waals surface area contributed by atoms with Crippen LogP contribution < -0.4 is 0 Å². The minimum absolute atomic E-state index is 0.718. The van der Waals surface area contributed by atoms with Gasteiger partial charge in [0.15, 0.2) is 0 Å². The predicted molar refractivity (Wildman–Crippen MR) is 52.2 cm³/mol. The third kappa shape index (κ3) is 1.28. The standard InChI is InChI=1S/C11H21N/c1-3-11-7-5-4-6-10(8-11)12(2)9-11/h10H,3-9H2,1-2H3. The summed E-state index contributed by atoms with van der Waals surface area (Å²) in [5.41, 5.74) is 0.718. The van der Waals surface area contributed by atoms with Crippen molar-refractivity contribution in [2.24, 2.45) is 5.41 Å². The molecule has 1 aliphatic heterocycles. The molecule has 0 N–H and O–H groups in total. The molecular weight excluding hydrogens is 146 g/mol.